The van der Waals surface area contributed by atoms with E-state index in [9.17, 15) is 0 Å². The summed E-state index contributed by atoms with van der Waals surface area (Å²) in [6.45, 7) is 0.819. The third-order valence-electron chi connectivity index (χ3n) is 2.38. The second-order valence-electron chi connectivity index (χ2n) is 3.29. The summed E-state index contributed by atoms with van der Waals surface area (Å²) >= 11 is 0. The number of rotatable bonds is 2. The Morgan fingerprint density at radius 1 is 1.82 bits per heavy atom. The van der Waals surface area contributed by atoms with Gasteiger partial charge in [-0.25, -0.2) is 0 Å². The van der Waals surface area contributed by atoms with Crippen molar-refractivity contribution in [3.8, 4) is 0 Å². The SMILES string of the molecule is Cn1cc([C@H]2C[C@H]2CN)cn1. The highest BCUT2D eigenvalue weighted by Crippen LogP contribution is 2.46. The highest BCUT2D eigenvalue weighted by molar-refractivity contribution is 5.20. The van der Waals surface area contributed by atoms with Gasteiger partial charge in [0.2, 0.25) is 0 Å². The predicted octanol–water partition coefficient (Wildman–Crippen LogP) is 0.482. The molecule has 0 aromatic carbocycles. The molecule has 1 fully saturated rings. The lowest BCUT2D eigenvalue weighted by atomic mass is 10.2. The molecule has 0 spiro atoms. The van der Waals surface area contributed by atoms with E-state index in [2.05, 4.69) is 11.3 Å². The van der Waals surface area contributed by atoms with E-state index >= 15 is 0 Å². The molecule has 0 amide bonds. The van der Waals surface area contributed by atoms with Gasteiger partial charge in [-0.15, -0.1) is 0 Å². The van der Waals surface area contributed by atoms with Gasteiger partial charge >= 0.3 is 0 Å². The van der Waals surface area contributed by atoms with Gasteiger partial charge in [0.25, 0.3) is 0 Å². The van der Waals surface area contributed by atoms with E-state index in [0.29, 0.717) is 5.92 Å². The van der Waals surface area contributed by atoms with Crippen LogP contribution >= 0.6 is 0 Å². The third kappa shape index (κ3) is 1.16. The molecule has 0 aliphatic heterocycles. The zero-order valence-corrected chi connectivity index (χ0v) is 6.70. The molecule has 1 saturated carbocycles. The molecule has 1 heterocycles. The number of hydrogen-bond acceptors (Lipinski definition) is 2. The lowest BCUT2D eigenvalue weighted by molar-refractivity contribution is 0.765. The zero-order valence-electron chi connectivity index (χ0n) is 6.70. The van der Waals surface area contributed by atoms with Gasteiger partial charge in [-0.05, 0) is 30.4 Å². The maximum Gasteiger partial charge on any atom is 0.0524 e. The van der Waals surface area contributed by atoms with Crippen molar-refractivity contribution in [1.82, 2.24) is 9.78 Å². The van der Waals surface area contributed by atoms with Crippen molar-refractivity contribution in [2.45, 2.75) is 12.3 Å². The lowest BCUT2D eigenvalue weighted by Crippen LogP contribution is -2.01. The van der Waals surface area contributed by atoms with Crippen LogP contribution in [0.3, 0.4) is 0 Å². The maximum atomic E-state index is 5.54. The quantitative estimate of drug-likeness (QED) is 0.668. The number of aryl methyl sites for hydroxylation is 1. The minimum Gasteiger partial charge on any atom is -0.330 e. The van der Waals surface area contributed by atoms with E-state index in [0.717, 1.165) is 12.5 Å². The second-order valence-corrected chi connectivity index (χ2v) is 3.29. The van der Waals surface area contributed by atoms with Gasteiger partial charge in [-0.2, -0.15) is 5.10 Å². The van der Waals surface area contributed by atoms with E-state index in [1.807, 2.05) is 17.9 Å². The van der Waals surface area contributed by atoms with Crippen molar-refractivity contribution in [3.63, 3.8) is 0 Å². The summed E-state index contributed by atoms with van der Waals surface area (Å²) in [5.74, 6) is 1.42. The Labute approximate surface area is 66.2 Å². The van der Waals surface area contributed by atoms with E-state index in [1.54, 1.807) is 0 Å². The molecule has 2 N–H and O–H groups in total. The largest absolute Gasteiger partial charge is 0.330 e. The molecule has 1 aromatic rings. The van der Waals surface area contributed by atoms with Crippen LogP contribution in [0.5, 0.6) is 0 Å². The van der Waals surface area contributed by atoms with Crippen LogP contribution in [-0.2, 0) is 7.05 Å². The van der Waals surface area contributed by atoms with Crippen LogP contribution in [0.15, 0.2) is 12.4 Å². The van der Waals surface area contributed by atoms with Gasteiger partial charge < -0.3 is 5.73 Å². The molecule has 11 heavy (non-hydrogen) atoms. The van der Waals surface area contributed by atoms with Gasteiger partial charge in [0.1, 0.15) is 0 Å². The summed E-state index contributed by atoms with van der Waals surface area (Å²) in [4.78, 5) is 0. The number of hydrogen-bond donors (Lipinski definition) is 1. The molecule has 3 nitrogen and oxygen atoms in total. The van der Waals surface area contributed by atoms with Gasteiger partial charge in [0.05, 0.1) is 6.20 Å². The molecule has 1 aromatic heterocycles. The smallest absolute Gasteiger partial charge is 0.0524 e. The van der Waals surface area contributed by atoms with Crippen molar-refractivity contribution >= 4 is 0 Å². The van der Waals surface area contributed by atoms with Crippen LogP contribution in [0.4, 0.5) is 0 Å². The van der Waals surface area contributed by atoms with E-state index in [4.69, 9.17) is 5.73 Å². The van der Waals surface area contributed by atoms with Gasteiger partial charge in [-0.3, -0.25) is 4.68 Å². The average Bonchev–Trinajstić information content (AvgIpc) is 2.68. The fourth-order valence-corrected chi connectivity index (χ4v) is 1.55. The molecule has 2 rings (SSSR count). The van der Waals surface area contributed by atoms with Crippen LogP contribution in [0.2, 0.25) is 0 Å². The molecule has 60 valence electrons. The van der Waals surface area contributed by atoms with E-state index < -0.39 is 0 Å². The molecule has 1 aliphatic rings. The minimum atomic E-state index is 0.702. The average molecular weight is 151 g/mol. The molecule has 0 radical (unpaired) electrons. The van der Waals surface area contributed by atoms with Gasteiger partial charge in [0.15, 0.2) is 0 Å². The second kappa shape index (κ2) is 2.34. The predicted molar refractivity (Wildman–Crippen MR) is 43.1 cm³/mol. The fourth-order valence-electron chi connectivity index (χ4n) is 1.55. The Balaban J connectivity index is 2.08. The highest BCUT2D eigenvalue weighted by atomic mass is 15.2. The monoisotopic (exact) mass is 151 g/mol. The zero-order chi connectivity index (χ0) is 7.84. The summed E-state index contributed by atoms with van der Waals surface area (Å²) in [7, 11) is 1.95. The first-order chi connectivity index (χ1) is 5.31. The first kappa shape index (κ1) is 6.85. The van der Waals surface area contributed by atoms with Crippen molar-refractivity contribution in [2.24, 2.45) is 18.7 Å². The van der Waals surface area contributed by atoms with Crippen LogP contribution in [-0.4, -0.2) is 16.3 Å². The molecule has 1 aliphatic carbocycles. The van der Waals surface area contributed by atoms with E-state index in [-0.39, 0.29) is 0 Å². The van der Waals surface area contributed by atoms with Gasteiger partial charge in [0, 0.05) is 13.2 Å². The van der Waals surface area contributed by atoms with Gasteiger partial charge in [-0.1, -0.05) is 0 Å². The Morgan fingerprint density at radius 3 is 3.09 bits per heavy atom. The van der Waals surface area contributed by atoms with E-state index in [1.165, 1.54) is 12.0 Å². The van der Waals surface area contributed by atoms with Crippen LogP contribution in [0.1, 0.15) is 17.9 Å². The van der Waals surface area contributed by atoms with Crippen LogP contribution in [0.25, 0.3) is 0 Å². The molecular weight excluding hydrogens is 138 g/mol. The number of nitrogens with zero attached hydrogens (tertiary/aromatic N) is 2. The topological polar surface area (TPSA) is 43.8 Å². The summed E-state index contributed by atoms with van der Waals surface area (Å²) in [5.41, 5.74) is 6.89. The molecule has 2 atom stereocenters. The van der Waals surface area contributed by atoms with Crippen molar-refractivity contribution in [3.05, 3.63) is 18.0 Å². The number of aromatic nitrogens is 2. The third-order valence-corrected chi connectivity index (χ3v) is 2.38. The van der Waals surface area contributed by atoms with Crippen LogP contribution < -0.4 is 5.73 Å². The molecule has 0 bridgehead atoms. The molecule has 0 saturated heterocycles. The standard InChI is InChI=1S/C8H13N3/c1-11-5-7(4-10-11)8-2-6(8)3-9/h4-6,8H,2-3,9H2,1H3/t6-,8-/m0/s1. The van der Waals surface area contributed by atoms with Crippen molar-refractivity contribution < 1.29 is 0 Å². The first-order valence-electron chi connectivity index (χ1n) is 4.00. The Kier molecular flexibility index (Phi) is 1.46. The first-order valence-corrected chi connectivity index (χ1v) is 4.00. The highest BCUT2D eigenvalue weighted by Gasteiger charge is 2.37. The Morgan fingerprint density at radius 2 is 2.64 bits per heavy atom. The fraction of sp³-hybridized carbons (Fsp3) is 0.625. The normalized spacial score (nSPS) is 28.9. The van der Waals surface area contributed by atoms with Crippen molar-refractivity contribution in [2.75, 3.05) is 6.54 Å². The molecule has 3 heteroatoms. The molecular formula is C8H13N3. The summed E-state index contributed by atoms with van der Waals surface area (Å²) in [6.07, 6.45) is 5.28. The number of nitrogens with two attached hydrogens (primary N) is 1. The van der Waals surface area contributed by atoms with Crippen molar-refractivity contribution in [1.29, 1.82) is 0 Å². The lowest BCUT2D eigenvalue weighted by Gasteiger charge is -1.90. The van der Waals surface area contributed by atoms with Crippen LogP contribution in [0, 0.1) is 5.92 Å². The summed E-state index contributed by atoms with van der Waals surface area (Å²) in [6, 6.07) is 0. The maximum absolute atomic E-state index is 5.54. The Bertz CT molecular complexity index is 254. The Hall–Kier alpha value is -0.830. The molecule has 0 unspecified atom stereocenters. The minimum absolute atomic E-state index is 0.702. The summed E-state index contributed by atoms with van der Waals surface area (Å²) in [5, 5.41) is 4.12. The summed E-state index contributed by atoms with van der Waals surface area (Å²) < 4.78 is 1.85.